The normalized spacial score (nSPS) is 27.9. The highest BCUT2D eigenvalue weighted by atomic mass is 16.5. The number of unbranched alkanes of at least 4 members (excludes halogenated alkanes) is 1. The molecule has 14 heavy (non-hydrogen) atoms. The number of aliphatic hydroxyl groups excluding tert-OH is 1. The van der Waals surface area contributed by atoms with Gasteiger partial charge >= 0.3 is 5.97 Å². The zero-order chi connectivity index (χ0) is 10.6. The summed E-state index contributed by atoms with van der Waals surface area (Å²) in [7, 11) is 1.84. The lowest BCUT2D eigenvalue weighted by atomic mass is 10.2. The van der Waals surface area contributed by atoms with E-state index in [1.165, 1.54) is 0 Å². The van der Waals surface area contributed by atoms with Gasteiger partial charge in [-0.2, -0.15) is 0 Å². The van der Waals surface area contributed by atoms with Crippen molar-refractivity contribution < 1.29 is 14.6 Å². The van der Waals surface area contributed by atoms with Crippen LogP contribution in [0.25, 0.3) is 0 Å². The zero-order valence-electron chi connectivity index (χ0n) is 8.90. The van der Waals surface area contributed by atoms with Gasteiger partial charge in [-0.15, -0.1) is 0 Å². The van der Waals surface area contributed by atoms with Gasteiger partial charge in [-0.25, -0.2) is 0 Å². The molecule has 1 saturated heterocycles. The van der Waals surface area contributed by atoms with Crippen LogP contribution >= 0.6 is 0 Å². The van der Waals surface area contributed by atoms with E-state index in [0.717, 1.165) is 19.4 Å². The van der Waals surface area contributed by atoms with E-state index in [4.69, 9.17) is 4.74 Å². The lowest BCUT2D eigenvalue weighted by molar-refractivity contribution is -0.151. The average molecular weight is 201 g/mol. The Kier molecular flexibility index (Phi) is 4.35. The maximum absolute atomic E-state index is 11.5. The fourth-order valence-corrected chi connectivity index (χ4v) is 1.67. The molecule has 0 aromatic carbocycles. The molecular weight excluding hydrogens is 182 g/mol. The summed E-state index contributed by atoms with van der Waals surface area (Å²) in [4.78, 5) is 13.4. The van der Waals surface area contributed by atoms with E-state index in [0.29, 0.717) is 13.0 Å². The molecule has 1 aliphatic rings. The van der Waals surface area contributed by atoms with Gasteiger partial charge in [-0.1, -0.05) is 13.3 Å². The van der Waals surface area contributed by atoms with Crippen molar-refractivity contribution >= 4 is 5.97 Å². The summed E-state index contributed by atoms with van der Waals surface area (Å²) in [6.07, 6.45) is 1.99. The quantitative estimate of drug-likeness (QED) is 0.528. The number of hydrogen-bond acceptors (Lipinski definition) is 4. The van der Waals surface area contributed by atoms with Crippen LogP contribution in [0.1, 0.15) is 26.2 Å². The van der Waals surface area contributed by atoms with E-state index in [1.807, 2.05) is 18.9 Å². The molecule has 0 aliphatic carbocycles. The average Bonchev–Trinajstić information content (AvgIpc) is 2.46. The van der Waals surface area contributed by atoms with E-state index in [1.54, 1.807) is 0 Å². The van der Waals surface area contributed by atoms with Crippen molar-refractivity contribution in [3.05, 3.63) is 0 Å². The molecule has 0 amide bonds. The minimum Gasteiger partial charge on any atom is -0.464 e. The first-order valence-corrected chi connectivity index (χ1v) is 5.21. The topological polar surface area (TPSA) is 49.8 Å². The van der Waals surface area contributed by atoms with Crippen molar-refractivity contribution in [1.29, 1.82) is 0 Å². The summed E-state index contributed by atoms with van der Waals surface area (Å²) < 4.78 is 5.07. The summed E-state index contributed by atoms with van der Waals surface area (Å²) >= 11 is 0. The number of aliphatic hydroxyl groups is 1. The summed E-state index contributed by atoms with van der Waals surface area (Å²) in [6.45, 7) is 3.27. The molecule has 0 aromatic rings. The van der Waals surface area contributed by atoms with Crippen molar-refractivity contribution in [2.75, 3.05) is 20.2 Å². The number of hydrogen-bond donors (Lipinski definition) is 1. The van der Waals surface area contributed by atoms with Crippen LogP contribution in [0.2, 0.25) is 0 Å². The van der Waals surface area contributed by atoms with Crippen molar-refractivity contribution in [1.82, 2.24) is 4.90 Å². The summed E-state index contributed by atoms with van der Waals surface area (Å²) in [5.74, 6) is -0.286. The van der Waals surface area contributed by atoms with Crippen LogP contribution in [-0.2, 0) is 9.53 Å². The number of nitrogens with zero attached hydrogens (tertiary/aromatic N) is 1. The molecule has 1 rings (SSSR count). The Morgan fingerprint density at radius 1 is 1.64 bits per heavy atom. The first-order valence-electron chi connectivity index (χ1n) is 5.21. The van der Waals surface area contributed by atoms with Crippen molar-refractivity contribution in [2.24, 2.45) is 0 Å². The summed E-state index contributed by atoms with van der Waals surface area (Å²) in [5.41, 5.74) is 0. The van der Waals surface area contributed by atoms with Gasteiger partial charge in [0.1, 0.15) is 6.04 Å². The van der Waals surface area contributed by atoms with Gasteiger partial charge in [0, 0.05) is 6.54 Å². The van der Waals surface area contributed by atoms with Crippen LogP contribution in [0, 0.1) is 0 Å². The molecule has 1 heterocycles. The molecule has 1 aliphatic heterocycles. The van der Waals surface area contributed by atoms with Gasteiger partial charge in [0.15, 0.2) is 0 Å². The number of likely N-dealkylation sites (tertiary alicyclic amines) is 1. The molecule has 0 bridgehead atoms. The second-order valence-electron chi connectivity index (χ2n) is 3.80. The number of carbonyl (C=O) groups excluding carboxylic acids is 1. The van der Waals surface area contributed by atoms with E-state index in [-0.39, 0.29) is 5.97 Å². The number of esters is 1. The first-order chi connectivity index (χ1) is 6.66. The van der Waals surface area contributed by atoms with E-state index in [9.17, 15) is 9.90 Å². The van der Waals surface area contributed by atoms with Crippen LogP contribution in [0.4, 0.5) is 0 Å². The van der Waals surface area contributed by atoms with Gasteiger partial charge in [0.05, 0.1) is 12.7 Å². The fourth-order valence-electron chi connectivity index (χ4n) is 1.67. The Morgan fingerprint density at radius 2 is 2.36 bits per heavy atom. The molecule has 0 aromatic heterocycles. The van der Waals surface area contributed by atoms with Crippen LogP contribution in [-0.4, -0.2) is 48.3 Å². The van der Waals surface area contributed by atoms with Crippen LogP contribution in [0.5, 0.6) is 0 Å². The predicted octanol–water partition coefficient (Wildman–Crippen LogP) is 0.395. The van der Waals surface area contributed by atoms with Gasteiger partial charge in [0.25, 0.3) is 0 Å². The van der Waals surface area contributed by atoms with Crippen LogP contribution < -0.4 is 0 Å². The Balaban J connectivity index is 2.35. The summed E-state index contributed by atoms with van der Waals surface area (Å²) in [6, 6.07) is -0.452. The van der Waals surface area contributed by atoms with Gasteiger partial charge in [0.2, 0.25) is 0 Å². The molecule has 2 atom stereocenters. The van der Waals surface area contributed by atoms with E-state index < -0.39 is 12.1 Å². The van der Waals surface area contributed by atoms with E-state index >= 15 is 0 Å². The van der Waals surface area contributed by atoms with Gasteiger partial charge < -0.3 is 9.84 Å². The highest BCUT2D eigenvalue weighted by molar-refractivity contribution is 5.76. The predicted molar refractivity (Wildman–Crippen MR) is 52.9 cm³/mol. The lowest BCUT2D eigenvalue weighted by Crippen LogP contribution is -2.41. The fraction of sp³-hybridized carbons (Fsp3) is 0.900. The largest absolute Gasteiger partial charge is 0.464 e. The van der Waals surface area contributed by atoms with E-state index in [2.05, 4.69) is 0 Å². The second-order valence-corrected chi connectivity index (χ2v) is 3.80. The SMILES string of the molecule is CCCCOC(=O)[C@@H]1[C@@H](O)CCN1C. The van der Waals surface area contributed by atoms with Crippen molar-refractivity contribution in [2.45, 2.75) is 38.3 Å². The van der Waals surface area contributed by atoms with Gasteiger partial charge in [-0.05, 0) is 19.9 Å². The monoisotopic (exact) mass is 201 g/mol. The van der Waals surface area contributed by atoms with Gasteiger partial charge in [-0.3, -0.25) is 9.69 Å². The summed E-state index contributed by atoms with van der Waals surface area (Å²) in [5, 5.41) is 9.54. The Morgan fingerprint density at radius 3 is 2.86 bits per heavy atom. The molecule has 1 N–H and O–H groups in total. The smallest absolute Gasteiger partial charge is 0.326 e. The highest BCUT2D eigenvalue weighted by Crippen LogP contribution is 2.17. The molecule has 0 saturated carbocycles. The molecule has 4 heteroatoms. The minimum absolute atomic E-state index is 0.286. The molecule has 0 radical (unpaired) electrons. The van der Waals surface area contributed by atoms with Crippen LogP contribution in [0.15, 0.2) is 0 Å². The first kappa shape index (κ1) is 11.5. The number of ether oxygens (including phenoxy) is 1. The second kappa shape index (κ2) is 5.32. The Labute approximate surface area is 84.8 Å². The molecule has 4 nitrogen and oxygen atoms in total. The Hall–Kier alpha value is -0.610. The standard InChI is InChI=1S/C10H19NO3/c1-3-4-7-14-10(13)9-8(12)5-6-11(9)2/h8-9,12H,3-7H2,1-2H3/t8-,9-/m0/s1. The third kappa shape index (κ3) is 2.69. The maximum Gasteiger partial charge on any atom is 0.326 e. The Bertz CT molecular complexity index is 186. The lowest BCUT2D eigenvalue weighted by Gasteiger charge is -2.19. The molecule has 0 spiro atoms. The third-order valence-electron chi connectivity index (χ3n) is 2.60. The number of likely N-dealkylation sites (N-methyl/N-ethyl adjacent to an activating group) is 1. The zero-order valence-corrected chi connectivity index (χ0v) is 8.90. The molecule has 1 fully saturated rings. The number of rotatable bonds is 4. The van der Waals surface area contributed by atoms with Crippen molar-refractivity contribution in [3.8, 4) is 0 Å². The maximum atomic E-state index is 11.5. The third-order valence-corrected chi connectivity index (χ3v) is 2.60. The molecule has 0 unspecified atom stereocenters. The van der Waals surface area contributed by atoms with Crippen LogP contribution in [0.3, 0.4) is 0 Å². The minimum atomic E-state index is -0.561. The molecular formula is C10H19NO3. The molecule has 82 valence electrons. The van der Waals surface area contributed by atoms with Crippen molar-refractivity contribution in [3.63, 3.8) is 0 Å². The highest BCUT2D eigenvalue weighted by Gasteiger charge is 2.37. The number of carbonyl (C=O) groups is 1.